The normalized spacial score (nSPS) is 11.5. The Hall–Kier alpha value is -4.73. The number of hydrogen-bond donors (Lipinski definition) is 1. The molecule has 2 heterocycles. The van der Waals surface area contributed by atoms with Crippen molar-refractivity contribution in [2.24, 2.45) is 0 Å². The highest BCUT2D eigenvalue weighted by molar-refractivity contribution is 6.06. The first-order chi connectivity index (χ1) is 18.1. The summed E-state index contributed by atoms with van der Waals surface area (Å²) in [5.74, 6) is -0.638. The molecule has 38 heavy (non-hydrogen) atoms. The molecule has 6 nitrogen and oxygen atoms in total. The van der Waals surface area contributed by atoms with Crippen molar-refractivity contribution in [2.75, 3.05) is 5.32 Å². The number of aromatic nitrogens is 3. The van der Waals surface area contributed by atoms with Crippen LogP contribution >= 0.6 is 0 Å². The number of benzene rings is 3. The zero-order valence-electron chi connectivity index (χ0n) is 20.2. The predicted octanol–water partition coefficient (Wildman–Crippen LogP) is 7.24. The van der Waals surface area contributed by atoms with E-state index >= 15 is 0 Å². The van der Waals surface area contributed by atoms with Crippen molar-refractivity contribution in [1.29, 1.82) is 0 Å². The van der Waals surface area contributed by atoms with Crippen molar-refractivity contribution in [3.05, 3.63) is 107 Å². The van der Waals surface area contributed by atoms with Gasteiger partial charge in [0, 0.05) is 22.6 Å². The van der Waals surface area contributed by atoms with E-state index in [4.69, 9.17) is 4.74 Å². The number of pyridine rings is 1. The van der Waals surface area contributed by atoms with Crippen LogP contribution in [0.2, 0.25) is 0 Å². The topological polar surface area (TPSA) is 69.0 Å². The minimum Gasteiger partial charge on any atom is -0.455 e. The van der Waals surface area contributed by atoms with Crippen LogP contribution in [0.3, 0.4) is 0 Å². The molecule has 1 amide bonds. The zero-order valence-corrected chi connectivity index (χ0v) is 20.2. The maximum Gasteiger partial charge on any atom is 0.420 e. The molecule has 0 aliphatic heterocycles. The highest BCUT2D eigenvalue weighted by Gasteiger charge is 2.35. The lowest BCUT2D eigenvalue weighted by atomic mass is 10.1. The molecule has 3 aromatic carbocycles. The van der Waals surface area contributed by atoms with E-state index in [9.17, 15) is 22.4 Å². The summed E-state index contributed by atoms with van der Waals surface area (Å²) >= 11 is 0. The second-order valence-corrected chi connectivity index (χ2v) is 8.57. The number of nitrogens with zero attached hydrogens (tertiary/aromatic N) is 3. The summed E-state index contributed by atoms with van der Waals surface area (Å²) in [7, 11) is 0. The average molecular weight is 520 g/mol. The second-order valence-electron chi connectivity index (χ2n) is 8.57. The van der Waals surface area contributed by atoms with E-state index in [1.165, 1.54) is 36.5 Å². The maximum absolute atomic E-state index is 13.8. The summed E-state index contributed by atoms with van der Waals surface area (Å²) in [6.45, 7) is 3.52. The lowest BCUT2D eigenvalue weighted by Crippen LogP contribution is -2.14. The Kier molecular flexibility index (Phi) is 6.31. The van der Waals surface area contributed by atoms with Gasteiger partial charge in [0.2, 0.25) is 0 Å². The zero-order chi connectivity index (χ0) is 27.0. The molecule has 1 N–H and O–H groups in total. The molecule has 0 fully saturated rings. The Labute approximate surface area is 214 Å². The van der Waals surface area contributed by atoms with Gasteiger partial charge in [0.25, 0.3) is 5.91 Å². The van der Waals surface area contributed by atoms with Crippen LogP contribution in [0.4, 0.5) is 23.2 Å². The molecule has 0 saturated heterocycles. The number of nitrogens with one attached hydrogen (secondary N) is 1. The van der Waals surface area contributed by atoms with Gasteiger partial charge in [-0.2, -0.15) is 13.2 Å². The summed E-state index contributed by atoms with van der Waals surface area (Å²) in [6.07, 6.45) is -3.40. The number of hydrogen-bond acceptors (Lipinski definition) is 4. The summed E-state index contributed by atoms with van der Waals surface area (Å²) < 4.78 is 62.1. The minimum atomic E-state index is -4.73. The third-order valence-electron chi connectivity index (χ3n) is 5.82. The molecule has 5 rings (SSSR count). The lowest BCUT2D eigenvalue weighted by Gasteiger charge is -2.15. The average Bonchev–Trinajstić information content (AvgIpc) is 3.21. The number of imidazole rings is 1. The third kappa shape index (κ3) is 5.06. The van der Waals surface area contributed by atoms with E-state index in [0.717, 1.165) is 12.1 Å². The van der Waals surface area contributed by atoms with Gasteiger partial charge in [-0.25, -0.2) is 9.37 Å². The predicted molar refractivity (Wildman–Crippen MR) is 134 cm³/mol. The van der Waals surface area contributed by atoms with E-state index in [2.05, 4.69) is 15.3 Å². The monoisotopic (exact) mass is 520 g/mol. The number of carbonyl (C=O) groups excluding carboxylic acids is 1. The number of amides is 1. The van der Waals surface area contributed by atoms with E-state index in [-0.39, 0.29) is 22.8 Å². The second kappa shape index (κ2) is 9.62. The molecule has 2 aromatic heterocycles. The van der Waals surface area contributed by atoms with Crippen LogP contribution in [0.15, 0.2) is 79.0 Å². The first-order valence-corrected chi connectivity index (χ1v) is 11.5. The first kappa shape index (κ1) is 24.9. The summed E-state index contributed by atoms with van der Waals surface area (Å²) in [6, 6.07) is 17.0. The Morgan fingerprint density at radius 1 is 0.947 bits per heavy atom. The molecule has 0 bridgehead atoms. The number of halogens is 4. The fraction of sp³-hybridized carbons (Fsp3) is 0.107. The van der Waals surface area contributed by atoms with Crippen molar-refractivity contribution in [1.82, 2.24) is 14.5 Å². The molecule has 0 spiro atoms. The SMILES string of the molecule is Cc1ccc(Oc2ccc(NC(=O)c3ccc4nc(C)n(-c5ccc(F)cc5)c4c3)cc2C(F)(F)F)cn1. The van der Waals surface area contributed by atoms with Crippen molar-refractivity contribution in [2.45, 2.75) is 20.0 Å². The minimum absolute atomic E-state index is 0.0555. The van der Waals surface area contributed by atoms with Crippen molar-refractivity contribution in [3.63, 3.8) is 0 Å². The molecule has 0 atom stereocenters. The summed E-state index contributed by atoms with van der Waals surface area (Å²) in [5, 5.41) is 2.52. The molecule has 0 saturated carbocycles. The van der Waals surface area contributed by atoms with Gasteiger partial charge in [-0.3, -0.25) is 14.3 Å². The lowest BCUT2D eigenvalue weighted by molar-refractivity contribution is -0.138. The molecule has 192 valence electrons. The van der Waals surface area contributed by atoms with Gasteiger partial charge in [-0.1, -0.05) is 0 Å². The van der Waals surface area contributed by atoms with E-state index in [1.807, 2.05) is 0 Å². The number of alkyl halides is 3. The van der Waals surface area contributed by atoms with Crippen LogP contribution in [0.25, 0.3) is 16.7 Å². The van der Waals surface area contributed by atoms with Gasteiger partial charge in [-0.05, 0) is 86.6 Å². The highest BCUT2D eigenvalue weighted by Crippen LogP contribution is 2.39. The van der Waals surface area contributed by atoms with Gasteiger partial charge in [0.15, 0.2) is 0 Å². The Morgan fingerprint density at radius 3 is 2.39 bits per heavy atom. The molecular formula is C28H20F4N4O2. The molecule has 0 aliphatic carbocycles. The van der Waals surface area contributed by atoms with E-state index < -0.39 is 23.4 Å². The molecule has 0 unspecified atom stereocenters. The fourth-order valence-electron chi connectivity index (χ4n) is 4.02. The van der Waals surface area contributed by atoms with Crippen molar-refractivity contribution in [3.8, 4) is 17.2 Å². The molecular weight excluding hydrogens is 500 g/mol. The van der Waals surface area contributed by atoms with Crippen LogP contribution in [0.1, 0.15) is 27.4 Å². The molecule has 0 aliphatic rings. The van der Waals surface area contributed by atoms with Gasteiger partial charge in [0.1, 0.15) is 28.7 Å². The molecule has 5 aromatic rings. The number of carbonyl (C=O) groups is 1. The van der Waals surface area contributed by atoms with Gasteiger partial charge >= 0.3 is 6.18 Å². The summed E-state index contributed by atoms with van der Waals surface area (Å²) in [5.41, 5.74) is 1.65. The number of rotatable bonds is 5. The van der Waals surface area contributed by atoms with Gasteiger partial charge in [0.05, 0.1) is 17.2 Å². The van der Waals surface area contributed by atoms with Crippen LogP contribution in [0, 0.1) is 19.7 Å². The van der Waals surface area contributed by atoms with Gasteiger partial charge in [-0.15, -0.1) is 0 Å². The quantitative estimate of drug-likeness (QED) is 0.248. The largest absolute Gasteiger partial charge is 0.455 e. The van der Waals surface area contributed by atoms with Crippen LogP contribution in [-0.4, -0.2) is 20.4 Å². The van der Waals surface area contributed by atoms with Crippen LogP contribution in [0.5, 0.6) is 11.5 Å². The van der Waals surface area contributed by atoms with Crippen LogP contribution in [-0.2, 0) is 6.18 Å². The summed E-state index contributed by atoms with van der Waals surface area (Å²) in [4.78, 5) is 21.5. The first-order valence-electron chi connectivity index (χ1n) is 11.5. The smallest absolute Gasteiger partial charge is 0.420 e. The Bertz CT molecular complexity index is 1640. The van der Waals surface area contributed by atoms with E-state index in [0.29, 0.717) is 28.2 Å². The standard InChI is InChI=1S/C28H20F4N4O2/c1-16-3-10-22(15-33-16)38-26-12-7-20(14-23(26)28(30,31)32)35-27(37)18-4-11-24-25(13-18)36(17(2)34-24)21-8-5-19(29)6-9-21/h3-15H,1-2H3,(H,35,37). The fourth-order valence-corrected chi connectivity index (χ4v) is 4.02. The number of aryl methyl sites for hydroxylation is 2. The van der Waals surface area contributed by atoms with Gasteiger partial charge < -0.3 is 10.1 Å². The number of ether oxygens (including phenoxy) is 1. The highest BCUT2D eigenvalue weighted by atomic mass is 19.4. The number of anilines is 1. The Balaban J connectivity index is 1.44. The van der Waals surface area contributed by atoms with E-state index in [1.54, 1.807) is 48.7 Å². The van der Waals surface area contributed by atoms with Crippen molar-refractivity contribution < 1.29 is 27.1 Å². The molecule has 10 heteroatoms. The van der Waals surface area contributed by atoms with Crippen LogP contribution < -0.4 is 10.1 Å². The molecule has 0 radical (unpaired) electrons. The number of fused-ring (bicyclic) bond motifs is 1. The van der Waals surface area contributed by atoms with Crippen molar-refractivity contribution >= 4 is 22.6 Å². The Morgan fingerprint density at radius 2 is 1.71 bits per heavy atom. The maximum atomic E-state index is 13.8. The third-order valence-corrected chi connectivity index (χ3v) is 5.82.